The second-order valence-electron chi connectivity index (χ2n) is 9.32. The van der Waals surface area contributed by atoms with Crippen LogP contribution in [0.3, 0.4) is 0 Å². The van der Waals surface area contributed by atoms with Crippen LogP contribution in [0.4, 0.5) is 0 Å². The summed E-state index contributed by atoms with van der Waals surface area (Å²) in [5, 5.41) is 5.98. The Kier molecular flexibility index (Phi) is 12.2. The SMILES string of the molecule is COc1ccc(CCNC(=O)CCCCC(=O)NCCc2ccccc2)c(CCc2ccccc2)c1OC. The number of amides is 2. The number of ether oxygens (including phenoxy) is 2. The Hall–Kier alpha value is -3.80. The maximum Gasteiger partial charge on any atom is 0.220 e. The molecule has 2 amide bonds. The molecular weight excluding hydrogens is 476 g/mol. The Labute approximate surface area is 226 Å². The number of hydrogen-bond acceptors (Lipinski definition) is 4. The molecule has 0 atom stereocenters. The largest absolute Gasteiger partial charge is 0.493 e. The van der Waals surface area contributed by atoms with E-state index in [-0.39, 0.29) is 11.8 Å². The van der Waals surface area contributed by atoms with Gasteiger partial charge in [0.15, 0.2) is 11.5 Å². The number of carbonyl (C=O) groups is 2. The molecule has 6 heteroatoms. The monoisotopic (exact) mass is 516 g/mol. The van der Waals surface area contributed by atoms with Crippen LogP contribution in [-0.4, -0.2) is 39.1 Å². The van der Waals surface area contributed by atoms with Crippen molar-refractivity contribution in [1.82, 2.24) is 10.6 Å². The van der Waals surface area contributed by atoms with E-state index in [9.17, 15) is 9.59 Å². The summed E-state index contributed by atoms with van der Waals surface area (Å²) in [5.41, 5.74) is 4.73. The first kappa shape index (κ1) is 28.8. The second-order valence-corrected chi connectivity index (χ2v) is 9.32. The molecule has 0 aromatic heterocycles. The van der Waals surface area contributed by atoms with E-state index >= 15 is 0 Å². The molecule has 0 aliphatic carbocycles. The van der Waals surface area contributed by atoms with Gasteiger partial charge in [0.2, 0.25) is 11.8 Å². The zero-order valence-electron chi connectivity index (χ0n) is 22.6. The molecule has 0 aliphatic heterocycles. The third kappa shape index (κ3) is 9.58. The van der Waals surface area contributed by atoms with Gasteiger partial charge >= 0.3 is 0 Å². The minimum absolute atomic E-state index is 0.0146. The standard InChI is InChI=1S/C32H40N2O4/c1-37-29-20-18-27(28(32(29)38-2)19-17-25-11-5-3-6-12-25)22-24-34-31(36)16-10-9-15-30(35)33-23-21-26-13-7-4-8-14-26/h3-8,11-14,18,20H,9-10,15-17,19,21-24H2,1-2H3,(H,33,35)(H,34,36). The molecule has 0 saturated carbocycles. The Balaban J connectivity index is 1.39. The van der Waals surface area contributed by atoms with Crippen molar-refractivity contribution in [3.8, 4) is 11.5 Å². The number of hydrogen-bond donors (Lipinski definition) is 2. The van der Waals surface area contributed by atoms with Gasteiger partial charge in [0.05, 0.1) is 14.2 Å². The normalized spacial score (nSPS) is 10.6. The van der Waals surface area contributed by atoms with Crippen LogP contribution < -0.4 is 20.1 Å². The molecule has 0 bridgehead atoms. The lowest BCUT2D eigenvalue weighted by molar-refractivity contribution is -0.123. The Morgan fingerprint density at radius 2 is 1.18 bits per heavy atom. The van der Waals surface area contributed by atoms with Gasteiger partial charge in [0.25, 0.3) is 0 Å². The molecule has 0 saturated heterocycles. The number of benzene rings is 3. The highest BCUT2D eigenvalue weighted by atomic mass is 16.5. The lowest BCUT2D eigenvalue weighted by Gasteiger charge is -2.17. The van der Waals surface area contributed by atoms with Gasteiger partial charge in [-0.15, -0.1) is 0 Å². The fraction of sp³-hybridized carbons (Fsp3) is 0.375. The number of carbonyl (C=O) groups excluding carboxylic acids is 2. The lowest BCUT2D eigenvalue weighted by atomic mass is 9.96. The molecule has 0 radical (unpaired) electrons. The van der Waals surface area contributed by atoms with Gasteiger partial charge in [-0.05, 0) is 61.3 Å². The average Bonchev–Trinajstić information content (AvgIpc) is 2.95. The van der Waals surface area contributed by atoms with Crippen molar-refractivity contribution in [2.75, 3.05) is 27.3 Å². The molecule has 202 valence electrons. The molecule has 38 heavy (non-hydrogen) atoms. The molecule has 2 N–H and O–H groups in total. The van der Waals surface area contributed by atoms with Gasteiger partial charge in [0.1, 0.15) is 0 Å². The third-order valence-corrected chi connectivity index (χ3v) is 6.60. The first-order chi connectivity index (χ1) is 18.6. The fourth-order valence-corrected chi connectivity index (χ4v) is 4.53. The number of unbranched alkanes of at least 4 members (excludes halogenated alkanes) is 1. The minimum Gasteiger partial charge on any atom is -0.493 e. The first-order valence-electron chi connectivity index (χ1n) is 13.4. The molecule has 3 aromatic rings. The van der Waals surface area contributed by atoms with Gasteiger partial charge in [-0.25, -0.2) is 0 Å². The highest BCUT2D eigenvalue weighted by Gasteiger charge is 2.15. The molecule has 0 unspecified atom stereocenters. The summed E-state index contributed by atoms with van der Waals surface area (Å²) >= 11 is 0. The van der Waals surface area contributed by atoms with E-state index in [1.54, 1.807) is 14.2 Å². The zero-order chi connectivity index (χ0) is 27.0. The van der Waals surface area contributed by atoms with Crippen LogP contribution in [0, 0.1) is 0 Å². The van der Waals surface area contributed by atoms with Crippen molar-refractivity contribution in [2.24, 2.45) is 0 Å². The van der Waals surface area contributed by atoms with Crippen LogP contribution in [0.1, 0.15) is 47.9 Å². The smallest absolute Gasteiger partial charge is 0.220 e. The van der Waals surface area contributed by atoms with Gasteiger partial charge < -0.3 is 20.1 Å². The molecular formula is C32H40N2O4. The topological polar surface area (TPSA) is 76.7 Å². The van der Waals surface area contributed by atoms with Crippen LogP contribution in [0.15, 0.2) is 72.8 Å². The number of methoxy groups -OCH3 is 2. The number of nitrogens with one attached hydrogen (secondary N) is 2. The Morgan fingerprint density at radius 1 is 0.632 bits per heavy atom. The zero-order valence-corrected chi connectivity index (χ0v) is 22.6. The molecule has 6 nitrogen and oxygen atoms in total. The highest BCUT2D eigenvalue weighted by Crippen LogP contribution is 2.34. The minimum atomic E-state index is 0.0146. The van der Waals surface area contributed by atoms with Gasteiger partial charge in [-0.2, -0.15) is 0 Å². The molecule has 0 aliphatic rings. The second kappa shape index (κ2) is 16.1. The van der Waals surface area contributed by atoms with E-state index in [0.717, 1.165) is 36.1 Å². The van der Waals surface area contributed by atoms with E-state index in [4.69, 9.17) is 9.47 Å². The maximum atomic E-state index is 12.4. The number of aryl methyl sites for hydroxylation is 1. The van der Waals surface area contributed by atoms with E-state index in [1.807, 2.05) is 42.5 Å². The highest BCUT2D eigenvalue weighted by molar-refractivity contribution is 5.77. The van der Waals surface area contributed by atoms with Crippen molar-refractivity contribution in [3.05, 3.63) is 95.1 Å². The predicted molar refractivity (Wildman–Crippen MR) is 152 cm³/mol. The molecule has 0 heterocycles. The van der Waals surface area contributed by atoms with Crippen LogP contribution in [0.2, 0.25) is 0 Å². The van der Waals surface area contributed by atoms with Crippen LogP contribution >= 0.6 is 0 Å². The van der Waals surface area contributed by atoms with Gasteiger partial charge in [0, 0.05) is 31.5 Å². The quantitative estimate of drug-likeness (QED) is 0.261. The molecule has 3 rings (SSSR count). The molecule has 0 spiro atoms. The van der Waals surface area contributed by atoms with Crippen molar-refractivity contribution < 1.29 is 19.1 Å². The Morgan fingerprint density at radius 3 is 1.74 bits per heavy atom. The maximum absolute atomic E-state index is 12.4. The van der Waals surface area contributed by atoms with Crippen LogP contribution in [0.5, 0.6) is 11.5 Å². The van der Waals surface area contributed by atoms with E-state index in [2.05, 4.69) is 41.0 Å². The third-order valence-electron chi connectivity index (χ3n) is 6.60. The average molecular weight is 517 g/mol. The first-order valence-corrected chi connectivity index (χ1v) is 13.4. The molecule has 0 fully saturated rings. The number of rotatable bonds is 16. The Bertz CT molecular complexity index is 1130. The van der Waals surface area contributed by atoms with Crippen molar-refractivity contribution >= 4 is 11.8 Å². The molecule has 3 aromatic carbocycles. The van der Waals surface area contributed by atoms with Crippen molar-refractivity contribution in [2.45, 2.75) is 51.4 Å². The van der Waals surface area contributed by atoms with E-state index in [0.29, 0.717) is 50.9 Å². The summed E-state index contributed by atoms with van der Waals surface area (Å²) in [6.45, 7) is 1.18. The summed E-state index contributed by atoms with van der Waals surface area (Å²) < 4.78 is 11.2. The summed E-state index contributed by atoms with van der Waals surface area (Å²) in [6.07, 6.45) is 5.50. The summed E-state index contributed by atoms with van der Waals surface area (Å²) in [6, 6.07) is 24.5. The summed E-state index contributed by atoms with van der Waals surface area (Å²) in [7, 11) is 3.31. The summed E-state index contributed by atoms with van der Waals surface area (Å²) in [4.78, 5) is 24.4. The van der Waals surface area contributed by atoms with E-state index < -0.39 is 0 Å². The van der Waals surface area contributed by atoms with Gasteiger partial charge in [-0.1, -0.05) is 66.7 Å². The summed E-state index contributed by atoms with van der Waals surface area (Å²) in [5.74, 6) is 1.53. The van der Waals surface area contributed by atoms with Crippen molar-refractivity contribution in [3.63, 3.8) is 0 Å². The van der Waals surface area contributed by atoms with Crippen LogP contribution in [-0.2, 0) is 35.3 Å². The van der Waals surface area contributed by atoms with Gasteiger partial charge in [-0.3, -0.25) is 9.59 Å². The van der Waals surface area contributed by atoms with E-state index in [1.165, 1.54) is 11.1 Å². The fourth-order valence-electron chi connectivity index (χ4n) is 4.53. The van der Waals surface area contributed by atoms with Crippen molar-refractivity contribution in [1.29, 1.82) is 0 Å². The predicted octanol–water partition coefficient (Wildman–Crippen LogP) is 5.07. The lowest BCUT2D eigenvalue weighted by Crippen LogP contribution is -2.26. The van der Waals surface area contributed by atoms with Crippen LogP contribution in [0.25, 0.3) is 0 Å².